The van der Waals surface area contributed by atoms with Crippen LogP contribution in [-0.4, -0.2) is 35.4 Å². The molecule has 0 radical (unpaired) electrons. The Morgan fingerprint density at radius 2 is 1.85 bits per heavy atom. The molecule has 2 aromatic rings. The third kappa shape index (κ3) is 7.07. The molecular weight excluding hydrogens is 480 g/mol. The van der Waals surface area contributed by atoms with Crippen molar-refractivity contribution in [3.8, 4) is 5.75 Å². The number of hydrogen-bond acceptors (Lipinski definition) is 3. The molecule has 2 amide bonds. The van der Waals surface area contributed by atoms with Gasteiger partial charge in [0.05, 0.1) is 4.47 Å². The molecule has 0 spiro atoms. The zero-order valence-corrected chi connectivity index (χ0v) is 21.7. The molecule has 0 aromatic heterocycles. The number of rotatable bonds is 9. The number of hydrogen-bond donors (Lipinski definition) is 1. The second-order valence-corrected chi connectivity index (χ2v) is 10.2. The van der Waals surface area contributed by atoms with E-state index in [-0.39, 0.29) is 24.5 Å². The third-order valence-corrected chi connectivity index (χ3v) is 6.90. The first kappa shape index (κ1) is 25.3. The Labute approximate surface area is 206 Å². The maximum absolute atomic E-state index is 13.3. The van der Waals surface area contributed by atoms with Gasteiger partial charge >= 0.3 is 0 Å². The largest absolute Gasteiger partial charge is 0.483 e. The maximum atomic E-state index is 13.3. The summed E-state index contributed by atoms with van der Waals surface area (Å²) < 4.78 is 6.69. The lowest BCUT2D eigenvalue weighted by Gasteiger charge is -2.30. The van der Waals surface area contributed by atoms with Crippen molar-refractivity contribution in [2.24, 2.45) is 0 Å². The van der Waals surface area contributed by atoms with E-state index >= 15 is 0 Å². The van der Waals surface area contributed by atoms with Crippen LogP contribution in [0.15, 0.2) is 46.9 Å². The quantitative estimate of drug-likeness (QED) is 0.464. The van der Waals surface area contributed by atoms with Crippen molar-refractivity contribution in [2.75, 3.05) is 6.61 Å². The van der Waals surface area contributed by atoms with Crippen molar-refractivity contribution in [1.82, 2.24) is 10.2 Å². The normalized spacial score (nSPS) is 14.8. The molecular formula is C27H35BrN2O3. The maximum Gasteiger partial charge on any atom is 0.261 e. The molecule has 1 N–H and O–H groups in total. The van der Waals surface area contributed by atoms with Gasteiger partial charge in [0.15, 0.2) is 6.61 Å². The number of aryl methyl sites for hydroxylation is 1. The summed E-state index contributed by atoms with van der Waals surface area (Å²) in [5, 5.41) is 3.13. The van der Waals surface area contributed by atoms with E-state index < -0.39 is 6.04 Å². The van der Waals surface area contributed by atoms with Gasteiger partial charge in [0.1, 0.15) is 11.8 Å². The van der Waals surface area contributed by atoms with Gasteiger partial charge in [-0.15, -0.1) is 0 Å². The smallest absolute Gasteiger partial charge is 0.261 e. The highest BCUT2D eigenvalue weighted by molar-refractivity contribution is 9.10. The van der Waals surface area contributed by atoms with Gasteiger partial charge < -0.3 is 15.0 Å². The van der Waals surface area contributed by atoms with Crippen LogP contribution in [0.3, 0.4) is 0 Å². The predicted molar refractivity (Wildman–Crippen MR) is 135 cm³/mol. The molecule has 33 heavy (non-hydrogen) atoms. The van der Waals surface area contributed by atoms with Crippen LogP contribution in [0, 0.1) is 6.92 Å². The fourth-order valence-electron chi connectivity index (χ4n) is 4.20. The van der Waals surface area contributed by atoms with Gasteiger partial charge in [-0.2, -0.15) is 0 Å². The first-order valence-electron chi connectivity index (χ1n) is 11.8. The van der Waals surface area contributed by atoms with E-state index in [2.05, 4.69) is 35.1 Å². The second-order valence-electron chi connectivity index (χ2n) is 9.31. The Hall–Kier alpha value is -2.34. The van der Waals surface area contributed by atoms with E-state index in [0.717, 1.165) is 41.3 Å². The molecule has 0 bridgehead atoms. The van der Waals surface area contributed by atoms with Crippen LogP contribution in [0.5, 0.6) is 5.75 Å². The second kappa shape index (κ2) is 11.7. The van der Waals surface area contributed by atoms with E-state index in [1.54, 1.807) is 11.8 Å². The number of amides is 2. The molecule has 1 fully saturated rings. The van der Waals surface area contributed by atoms with Crippen molar-refractivity contribution < 1.29 is 14.3 Å². The van der Waals surface area contributed by atoms with Crippen molar-refractivity contribution in [3.63, 3.8) is 0 Å². The van der Waals surface area contributed by atoms with Crippen molar-refractivity contribution in [1.29, 1.82) is 0 Å². The zero-order chi connectivity index (χ0) is 24.0. The molecule has 0 unspecified atom stereocenters. The van der Waals surface area contributed by atoms with Gasteiger partial charge in [0, 0.05) is 12.6 Å². The van der Waals surface area contributed by atoms with Crippen LogP contribution in [-0.2, 0) is 16.1 Å². The molecule has 0 saturated heterocycles. The minimum atomic E-state index is -0.589. The minimum Gasteiger partial charge on any atom is -0.483 e. The number of halogens is 1. The Balaban J connectivity index is 1.72. The highest BCUT2D eigenvalue weighted by Gasteiger charge is 2.29. The summed E-state index contributed by atoms with van der Waals surface area (Å²) in [4.78, 5) is 27.9. The molecule has 1 aliphatic rings. The Morgan fingerprint density at radius 3 is 2.48 bits per heavy atom. The zero-order valence-electron chi connectivity index (χ0n) is 20.1. The first-order valence-corrected chi connectivity index (χ1v) is 12.6. The number of nitrogens with zero attached hydrogens (tertiary/aromatic N) is 1. The minimum absolute atomic E-state index is 0.106. The molecule has 5 nitrogen and oxygen atoms in total. The van der Waals surface area contributed by atoms with Crippen LogP contribution < -0.4 is 10.1 Å². The molecule has 1 aliphatic carbocycles. The molecule has 2 aromatic carbocycles. The standard InChI is InChI=1S/C27H35BrN2O3/c1-18(2)22-12-13-25(24(28)15-22)33-17-26(31)30(16-21-9-7-8-19(3)14-21)20(4)27(32)29-23-10-5-6-11-23/h7-9,12-15,18,20,23H,5-6,10-11,16-17H2,1-4H3,(H,29,32)/t20-/m0/s1. The predicted octanol–water partition coefficient (Wildman–Crippen LogP) is 5.74. The lowest BCUT2D eigenvalue weighted by Crippen LogP contribution is -2.50. The molecule has 6 heteroatoms. The van der Waals surface area contributed by atoms with Crippen molar-refractivity contribution in [3.05, 3.63) is 63.6 Å². The van der Waals surface area contributed by atoms with Gasteiger partial charge in [-0.1, -0.05) is 62.6 Å². The number of carbonyl (C=O) groups is 2. The summed E-state index contributed by atoms with van der Waals surface area (Å²) in [5.41, 5.74) is 3.30. The number of nitrogens with one attached hydrogen (secondary N) is 1. The Morgan fingerprint density at radius 1 is 1.12 bits per heavy atom. The van der Waals surface area contributed by atoms with Crippen LogP contribution in [0.2, 0.25) is 0 Å². The summed E-state index contributed by atoms with van der Waals surface area (Å²) >= 11 is 3.55. The van der Waals surface area contributed by atoms with Crippen LogP contribution in [0.1, 0.15) is 69.1 Å². The first-order chi connectivity index (χ1) is 15.7. The third-order valence-electron chi connectivity index (χ3n) is 6.28. The van der Waals surface area contributed by atoms with Crippen LogP contribution in [0.25, 0.3) is 0 Å². The average molecular weight is 515 g/mol. The molecule has 1 saturated carbocycles. The fraction of sp³-hybridized carbons (Fsp3) is 0.481. The number of carbonyl (C=O) groups excluding carboxylic acids is 2. The van der Waals surface area contributed by atoms with Crippen LogP contribution >= 0.6 is 15.9 Å². The lowest BCUT2D eigenvalue weighted by molar-refractivity contribution is -0.142. The summed E-state index contributed by atoms with van der Waals surface area (Å²) in [6, 6.07) is 13.6. The highest BCUT2D eigenvalue weighted by Crippen LogP contribution is 2.29. The highest BCUT2D eigenvalue weighted by atomic mass is 79.9. The molecule has 1 atom stereocenters. The number of ether oxygens (including phenoxy) is 1. The average Bonchev–Trinajstić information content (AvgIpc) is 3.29. The van der Waals surface area contributed by atoms with E-state index in [4.69, 9.17) is 4.74 Å². The van der Waals surface area contributed by atoms with Gasteiger partial charge in [-0.25, -0.2) is 0 Å². The van der Waals surface area contributed by atoms with E-state index in [9.17, 15) is 9.59 Å². The van der Waals surface area contributed by atoms with E-state index in [1.165, 1.54) is 5.56 Å². The SMILES string of the molecule is Cc1cccc(CN(C(=O)COc2ccc(C(C)C)cc2Br)[C@@H](C)C(=O)NC2CCCC2)c1. The van der Waals surface area contributed by atoms with Crippen molar-refractivity contribution >= 4 is 27.7 Å². The molecule has 178 valence electrons. The van der Waals surface area contributed by atoms with E-state index in [0.29, 0.717) is 18.2 Å². The summed E-state index contributed by atoms with van der Waals surface area (Å²) in [6.45, 7) is 8.31. The molecule has 3 rings (SSSR count). The summed E-state index contributed by atoms with van der Waals surface area (Å²) in [7, 11) is 0. The molecule has 0 aliphatic heterocycles. The molecule has 0 heterocycles. The van der Waals surface area contributed by atoms with Crippen molar-refractivity contribution in [2.45, 2.75) is 77.9 Å². The summed E-state index contributed by atoms with van der Waals surface area (Å²) in [5.74, 6) is 0.697. The topological polar surface area (TPSA) is 58.6 Å². The number of benzene rings is 2. The van der Waals surface area contributed by atoms with Gasteiger partial charge in [-0.3, -0.25) is 9.59 Å². The Bertz CT molecular complexity index is 970. The Kier molecular flexibility index (Phi) is 8.95. The monoisotopic (exact) mass is 514 g/mol. The van der Waals surface area contributed by atoms with Gasteiger partial charge in [0.25, 0.3) is 5.91 Å². The lowest BCUT2D eigenvalue weighted by atomic mass is 10.0. The van der Waals surface area contributed by atoms with Gasteiger partial charge in [-0.05, 0) is 71.8 Å². The van der Waals surface area contributed by atoms with Crippen LogP contribution in [0.4, 0.5) is 0 Å². The van der Waals surface area contributed by atoms with Gasteiger partial charge in [0.2, 0.25) is 5.91 Å². The fourth-order valence-corrected chi connectivity index (χ4v) is 4.71. The van der Waals surface area contributed by atoms with E-state index in [1.807, 2.05) is 49.4 Å². The summed E-state index contributed by atoms with van der Waals surface area (Å²) in [6.07, 6.45) is 4.30.